The van der Waals surface area contributed by atoms with Gasteiger partial charge in [0.1, 0.15) is 11.6 Å². The minimum absolute atomic E-state index is 0.0281. The summed E-state index contributed by atoms with van der Waals surface area (Å²) in [6, 6.07) is 14.4. The van der Waals surface area contributed by atoms with Gasteiger partial charge in [-0.1, -0.05) is 42.1 Å². The lowest BCUT2D eigenvalue weighted by Gasteiger charge is -2.35. The van der Waals surface area contributed by atoms with Gasteiger partial charge in [-0.05, 0) is 30.5 Å². The van der Waals surface area contributed by atoms with Gasteiger partial charge in [0.15, 0.2) is 16.6 Å². The zero-order valence-corrected chi connectivity index (χ0v) is 21.1. The molecule has 4 heterocycles. The number of amides is 1. The lowest BCUT2D eigenvalue weighted by molar-refractivity contribution is -0.141. The number of hydrogen-bond acceptors (Lipinski definition) is 7. The largest absolute Gasteiger partial charge is 0.455 e. The van der Waals surface area contributed by atoms with Gasteiger partial charge < -0.3 is 14.2 Å². The van der Waals surface area contributed by atoms with Crippen molar-refractivity contribution in [1.82, 2.24) is 19.8 Å². The van der Waals surface area contributed by atoms with Crippen LogP contribution in [-0.4, -0.2) is 64.9 Å². The van der Waals surface area contributed by atoms with Crippen LogP contribution >= 0.6 is 11.8 Å². The van der Waals surface area contributed by atoms with Gasteiger partial charge in [-0.25, -0.2) is 9.97 Å². The minimum atomic E-state index is -4.58. The lowest BCUT2D eigenvalue weighted by Crippen LogP contribution is -2.46. The first kappa shape index (κ1) is 25.6. The minimum Gasteiger partial charge on any atom is -0.455 e. The van der Waals surface area contributed by atoms with E-state index in [1.807, 2.05) is 23.1 Å². The number of halogens is 3. The number of furan rings is 1. The van der Waals surface area contributed by atoms with E-state index < -0.39 is 11.9 Å². The highest BCUT2D eigenvalue weighted by molar-refractivity contribution is 7.98. The normalized spacial score (nSPS) is 16.9. The monoisotopic (exact) mass is 531 g/mol. The van der Waals surface area contributed by atoms with Gasteiger partial charge >= 0.3 is 6.18 Å². The molecule has 0 saturated carbocycles. The van der Waals surface area contributed by atoms with E-state index in [1.165, 1.54) is 5.56 Å². The van der Waals surface area contributed by atoms with Gasteiger partial charge in [-0.15, -0.1) is 0 Å². The highest BCUT2D eigenvalue weighted by Gasteiger charge is 2.34. The molecule has 2 fully saturated rings. The molecular formula is C26H28F3N5O2S. The number of alkyl halides is 3. The number of nitrogens with zero attached hydrogens (tertiary/aromatic N) is 5. The van der Waals surface area contributed by atoms with Crippen molar-refractivity contribution in [1.29, 1.82) is 0 Å². The van der Waals surface area contributed by atoms with E-state index in [2.05, 4.69) is 27.0 Å². The van der Waals surface area contributed by atoms with Crippen molar-refractivity contribution in [3.63, 3.8) is 0 Å². The predicted octanol–water partition coefficient (Wildman–Crippen LogP) is 4.94. The van der Waals surface area contributed by atoms with Crippen LogP contribution in [0.2, 0.25) is 0 Å². The SMILES string of the molecule is O=C(c1ccc(CSc2nc(N3CCN(Cc4ccccc4)CC3)cc(C(F)(F)F)n2)o1)N1CCCC1. The Balaban J connectivity index is 1.24. The van der Waals surface area contributed by atoms with Gasteiger partial charge in [0.05, 0.1) is 5.75 Å². The molecule has 0 atom stereocenters. The molecule has 2 aliphatic rings. The maximum atomic E-state index is 13.6. The third kappa shape index (κ3) is 6.45. The van der Waals surface area contributed by atoms with Crippen molar-refractivity contribution in [2.24, 2.45) is 0 Å². The van der Waals surface area contributed by atoms with Crippen LogP contribution in [0, 0.1) is 0 Å². The smallest absolute Gasteiger partial charge is 0.433 e. The number of piperazine rings is 1. The van der Waals surface area contributed by atoms with E-state index in [4.69, 9.17) is 4.42 Å². The molecule has 3 aromatic rings. The molecule has 1 aromatic carbocycles. The predicted molar refractivity (Wildman–Crippen MR) is 134 cm³/mol. The molecule has 0 aliphatic carbocycles. The summed E-state index contributed by atoms with van der Waals surface area (Å²) in [5.74, 6) is 1.08. The topological polar surface area (TPSA) is 65.7 Å². The quantitative estimate of drug-likeness (QED) is 0.316. The Hall–Kier alpha value is -3.05. The van der Waals surface area contributed by atoms with Crippen LogP contribution in [0.4, 0.5) is 19.0 Å². The summed E-state index contributed by atoms with van der Waals surface area (Å²) in [4.78, 5) is 26.6. The summed E-state index contributed by atoms with van der Waals surface area (Å²) in [7, 11) is 0. The molecule has 0 N–H and O–H groups in total. The van der Waals surface area contributed by atoms with E-state index in [9.17, 15) is 18.0 Å². The van der Waals surface area contributed by atoms with Gasteiger partial charge in [0, 0.05) is 51.9 Å². The van der Waals surface area contributed by atoms with Crippen molar-refractivity contribution in [2.75, 3.05) is 44.2 Å². The van der Waals surface area contributed by atoms with Crippen molar-refractivity contribution in [2.45, 2.75) is 36.5 Å². The van der Waals surface area contributed by atoms with E-state index >= 15 is 0 Å². The second-order valence-electron chi connectivity index (χ2n) is 9.19. The molecule has 2 saturated heterocycles. The molecule has 196 valence electrons. The number of aromatic nitrogens is 2. The van der Waals surface area contributed by atoms with Gasteiger partial charge in [0.2, 0.25) is 0 Å². The van der Waals surface area contributed by atoms with Crippen LogP contribution < -0.4 is 4.90 Å². The van der Waals surface area contributed by atoms with Crippen LogP contribution in [-0.2, 0) is 18.5 Å². The Morgan fingerprint density at radius 1 is 0.946 bits per heavy atom. The first-order valence-corrected chi connectivity index (χ1v) is 13.3. The van der Waals surface area contributed by atoms with E-state index in [-0.39, 0.29) is 28.4 Å². The van der Waals surface area contributed by atoms with Crippen molar-refractivity contribution < 1.29 is 22.4 Å². The second-order valence-corrected chi connectivity index (χ2v) is 10.1. The van der Waals surface area contributed by atoms with E-state index in [1.54, 1.807) is 17.0 Å². The number of rotatable bonds is 7. The molecular weight excluding hydrogens is 503 g/mol. The molecule has 0 unspecified atom stereocenters. The first-order valence-electron chi connectivity index (χ1n) is 12.3. The summed E-state index contributed by atoms with van der Waals surface area (Å²) in [5, 5.41) is 0.0281. The van der Waals surface area contributed by atoms with E-state index in [0.29, 0.717) is 31.9 Å². The maximum Gasteiger partial charge on any atom is 0.433 e. The fourth-order valence-corrected chi connectivity index (χ4v) is 5.29. The first-order chi connectivity index (χ1) is 17.8. The molecule has 5 rings (SSSR count). The average molecular weight is 532 g/mol. The molecule has 0 spiro atoms. The lowest BCUT2D eigenvalue weighted by atomic mass is 10.2. The number of benzene rings is 1. The van der Waals surface area contributed by atoms with Crippen LogP contribution in [0.5, 0.6) is 0 Å². The van der Waals surface area contributed by atoms with Crippen molar-refractivity contribution in [3.8, 4) is 0 Å². The summed E-state index contributed by atoms with van der Waals surface area (Å²) in [6.07, 6.45) is -2.62. The van der Waals surface area contributed by atoms with Gasteiger partial charge in [-0.3, -0.25) is 9.69 Å². The zero-order valence-electron chi connectivity index (χ0n) is 20.3. The number of thioether (sulfide) groups is 1. The highest BCUT2D eigenvalue weighted by atomic mass is 32.2. The molecule has 2 aliphatic heterocycles. The maximum absolute atomic E-state index is 13.6. The third-order valence-corrected chi connectivity index (χ3v) is 7.41. The van der Waals surface area contributed by atoms with E-state index in [0.717, 1.165) is 50.3 Å². The Morgan fingerprint density at radius 2 is 1.68 bits per heavy atom. The zero-order chi connectivity index (χ0) is 25.8. The Morgan fingerprint density at radius 3 is 2.38 bits per heavy atom. The van der Waals surface area contributed by atoms with Crippen LogP contribution in [0.15, 0.2) is 58.1 Å². The highest BCUT2D eigenvalue weighted by Crippen LogP contribution is 2.33. The van der Waals surface area contributed by atoms with Gasteiger partial charge in [-0.2, -0.15) is 13.2 Å². The second kappa shape index (κ2) is 11.1. The summed E-state index contributed by atoms with van der Waals surface area (Å²) in [6.45, 7) is 4.83. The molecule has 1 amide bonds. The van der Waals surface area contributed by atoms with Crippen LogP contribution in [0.1, 0.15) is 40.4 Å². The summed E-state index contributed by atoms with van der Waals surface area (Å²) < 4.78 is 46.6. The number of hydrogen-bond donors (Lipinski definition) is 0. The fraction of sp³-hybridized carbons (Fsp3) is 0.423. The number of carbonyl (C=O) groups is 1. The number of carbonyl (C=O) groups excluding carboxylic acids is 1. The van der Waals surface area contributed by atoms with Crippen LogP contribution in [0.3, 0.4) is 0 Å². The molecule has 2 aromatic heterocycles. The number of anilines is 1. The van der Waals surface area contributed by atoms with Crippen molar-refractivity contribution in [3.05, 3.63) is 71.3 Å². The Bertz CT molecular complexity index is 1210. The van der Waals surface area contributed by atoms with Crippen molar-refractivity contribution >= 4 is 23.5 Å². The molecule has 7 nitrogen and oxygen atoms in total. The van der Waals surface area contributed by atoms with Crippen LogP contribution in [0.25, 0.3) is 0 Å². The standard InChI is InChI=1S/C26H28F3N5O2S/c27-26(28,29)22-16-23(33-14-12-32(13-15-33)17-19-6-2-1-3-7-19)31-25(30-22)37-18-20-8-9-21(36-20)24(35)34-10-4-5-11-34/h1-3,6-9,16H,4-5,10-15,17-18H2. The Kier molecular flexibility index (Phi) is 7.71. The van der Waals surface area contributed by atoms with Gasteiger partial charge in [0.25, 0.3) is 5.91 Å². The molecule has 11 heteroatoms. The molecule has 0 bridgehead atoms. The average Bonchev–Trinajstić information content (AvgIpc) is 3.60. The molecule has 0 radical (unpaired) electrons. The third-order valence-electron chi connectivity index (χ3n) is 6.54. The summed E-state index contributed by atoms with van der Waals surface area (Å²) >= 11 is 1.06. The Labute approximate surface area is 217 Å². The summed E-state index contributed by atoms with van der Waals surface area (Å²) in [5.41, 5.74) is 0.246. The number of likely N-dealkylation sites (tertiary alicyclic amines) is 1. The fourth-order valence-electron chi connectivity index (χ4n) is 4.54. The molecule has 37 heavy (non-hydrogen) atoms.